The van der Waals surface area contributed by atoms with Crippen molar-refractivity contribution in [3.8, 4) is 5.69 Å². The molecule has 0 atom stereocenters. The summed E-state index contributed by atoms with van der Waals surface area (Å²) in [6, 6.07) is 9.11. The van der Waals surface area contributed by atoms with Crippen molar-refractivity contribution in [2.24, 2.45) is 0 Å². The lowest BCUT2D eigenvalue weighted by atomic mass is 10.3. The second-order valence-corrected chi connectivity index (χ2v) is 4.52. The van der Waals surface area contributed by atoms with Crippen LogP contribution in [0.25, 0.3) is 5.69 Å². The van der Waals surface area contributed by atoms with Gasteiger partial charge < -0.3 is 4.74 Å². The summed E-state index contributed by atoms with van der Waals surface area (Å²) in [5.41, 5.74) is 0.366. The molecule has 0 bridgehead atoms. The van der Waals surface area contributed by atoms with Crippen LogP contribution in [-0.2, 0) is 9.53 Å². The molecule has 1 aromatic carbocycles. The Bertz CT molecular complexity index is 606. The standard InChI is InChI=1S/C12H13N3O3S/c1-2-18-10(16)8-19-12-14-13-11(17)15(12)9-6-4-3-5-7-9/h3-7H,2,8H2,1H3,(H,13,17). The van der Waals surface area contributed by atoms with Gasteiger partial charge in [-0.2, -0.15) is 0 Å². The second kappa shape index (κ2) is 6.24. The Labute approximate surface area is 113 Å². The number of carbonyl (C=O) groups is 1. The Balaban J connectivity index is 2.19. The number of hydrogen-bond donors (Lipinski definition) is 1. The number of esters is 1. The zero-order valence-corrected chi connectivity index (χ0v) is 11.1. The van der Waals surface area contributed by atoms with E-state index in [4.69, 9.17) is 4.74 Å². The van der Waals surface area contributed by atoms with Crippen molar-refractivity contribution in [2.45, 2.75) is 12.1 Å². The minimum absolute atomic E-state index is 0.116. The van der Waals surface area contributed by atoms with Gasteiger partial charge in [0, 0.05) is 0 Å². The Morgan fingerprint density at radius 3 is 2.84 bits per heavy atom. The van der Waals surface area contributed by atoms with Crippen LogP contribution < -0.4 is 5.69 Å². The number of hydrogen-bond acceptors (Lipinski definition) is 5. The van der Waals surface area contributed by atoms with Crippen molar-refractivity contribution >= 4 is 17.7 Å². The van der Waals surface area contributed by atoms with Crippen LogP contribution >= 0.6 is 11.8 Å². The molecule has 0 unspecified atom stereocenters. The number of thioether (sulfide) groups is 1. The largest absolute Gasteiger partial charge is 0.465 e. The van der Waals surface area contributed by atoms with Gasteiger partial charge in [-0.1, -0.05) is 30.0 Å². The molecular weight excluding hydrogens is 266 g/mol. The molecule has 0 radical (unpaired) electrons. The van der Waals surface area contributed by atoms with Gasteiger partial charge in [-0.05, 0) is 19.1 Å². The van der Waals surface area contributed by atoms with Crippen molar-refractivity contribution in [1.82, 2.24) is 14.8 Å². The summed E-state index contributed by atoms with van der Waals surface area (Å²) in [6.07, 6.45) is 0. The molecule has 1 aromatic heterocycles. The molecule has 6 nitrogen and oxygen atoms in total. The van der Waals surface area contributed by atoms with Crippen LogP contribution in [0.15, 0.2) is 40.3 Å². The molecular formula is C12H13N3O3S. The number of H-pyrrole nitrogens is 1. The van der Waals surface area contributed by atoms with E-state index in [0.29, 0.717) is 17.5 Å². The molecule has 19 heavy (non-hydrogen) atoms. The number of rotatable bonds is 5. The van der Waals surface area contributed by atoms with Gasteiger partial charge in [0.1, 0.15) is 0 Å². The molecule has 1 N–H and O–H groups in total. The van der Waals surface area contributed by atoms with E-state index in [1.807, 2.05) is 18.2 Å². The van der Waals surface area contributed by atoms with Crippen molar-refractivity contribution in [3.63, 3.8) is 0 Å². The molecule has 7 heteroatoms. The van der Waals surface area contributed by atoms with Gasteiger partial charge in [0.15, 0.2) is 5.16 Å². The van der Waals surface area contributed by atoms with Crippen molar-refractivity contribution in [2.75, 3.05) is 12.4 Å². The maximum Gasteiger partial charge on any atom is 0.348 e. The minimum atomic E-state index is -0.336. The van der Waals surface area contributed by atoms with Gasteiger partial charge in [0.05, 0.1) is 18.0 Å². The monoisotopic (exact) mass is 279 g/mol. The van der Waals surface area contributed by atoms with Crippen molar-refractivity contribution in [3.05, 3.63) is 40.8 Å². The topological polar surface area (TPSA) is 77.0 Å². The van der Waals surface area contributed by atoms with Gasteiger partial charge >= 0.3 is 11.7 Å². The normalized spacial score (nSPS) is 10.4. The van der Waals surface area contributed by atoms with E-state index in [1.165, 1.54) is 4.57 Å². The van der Waals surface area contributed by atoms with E-state index in [9.17, 15) is 9.59 Å². The molecule has 0 fully saturated rings. The molecule has 0 saturated heterocycles. The zero-order chi connectivity index (χ0) is 13.7. The first-order chi connectivity index (χ1) is 9.22. The predicted molar refractivity (Wildman–Crippen MR) is 71.5 cm³/mol. The fourth-order valence-corrected chi connectivity index (χ4v) is 2.27. The van der Waals surface area contributed by atoms with Crippen LogP contribution in [0.5, 0.6) is 0 Å². The van der Waals surface area contributed by atoms with Gasteiger partial charge in [0.2, 0.25) is 0 Å². The molecule has 0 aliphatic carbocycles. The van der Waals surface area contributed by atoms with Gasteiger partial charge in [-0.3, -0.25) is 4.79 Å². The molecule has 100 valence electrons. The summed E-state index contributed by atoms with van der Waals surface area (Å²) in [4.78, 5) is 23.0. The third kappa shape index (κ3) is 3.25. The highest BCUT2D eigenvalue weighted by Gasteiger charge is 2.12. The third-order valence-corrected chi connectivity index (χ3v) is 3.19. The molecule has 0 aliphatic rings. The number of aromatic amines is 1. The lowest BCUT2D eigenvalue weighted by Gasteiger charge is -2.04. The van der Waals surface area contributed by atoms with E-state index in [2.05, 4.69) is 10.2 Å². The lowest BCUT2D eigenvalue weighted by molar-refractivity contribution is -0.139. The Hall–Kier alpha value is -2.02. The highest BCUT2D eigenvalue weighted by molar-refractivity contribution is 7.99. The zero-order valence-electron chi connectivity index (χ0n) is 10.3. The lowest BCUT2D eigenvalue weighted by Crippen LogP contribution is -2.16. The molecule has 0 spiro atoms. The number of ether oxygens (including phenoxy) is 1. The summed E-state index contributed by atoms with van der Waals surface area (Å²) in [7, 11) is 0. The molecule has 2 aromatic rings. The van der Waals surface area contributed by atoms with E-state index in [-0.39, 0.29) is 17.4 Å². The van der Waals surface area contributed by atoms with Crippen LogP contribution in [0, 0.1) is 0 Å². The van der Waals surface area contributed by atoms with E-state index < -0.39 is 0 Å². The first kappa shape index (κ1) is 13.4. The molecule has 2 rings (SSSR count). The smallest absolute Gasteiger partial charge is 0.348 e. The number of benzene rings is 1. The van der Waals surface area contributed by atoms with Crippen LogP contribution in [0.3, 0.4) is 0 Å². The van der Waals surface area contributed by atoms with Crippen molar-refractivity contribution in [1.29, 1.82) is 0 Å². The summed E-state index contributed by atoms with van der Waals surface area (Å²) in [5, 5.41) is 6.72. The Kier molecular flexibility index (Phi) is 4.40. The first-order valence-electron chi connectivity index (χ1n) is 5.73. The minimum Gasteiger partial charge on any atom is -0.465 e. The van der Waals surface area contributed by atoms with Gasteiger partial charge in [0.25, 0.3) is 0 Å². The number of carbonyl (C=O) groups excluding carboxylic acids is 1. The number of nitrogens with zero attached hydrogens (tertiary/aromatic N) is 2. The molecule has 0 amide bonds. The molecule has 1 heterocycles. The van der Waals surface area contributed by atoms with E-state index in [0.717, 1.165) is 11.8 Å². The van der Waals surface area contributed by atoms with Crippen molar-refractivity contribution < 1.29 is 9.53 Å². The van der Waals surface area contributed by atoms with Gasteiger partial charge in [-0.15, -0.1) is 5.10 Å². The predicted octanol–water partition coefficient (Wildman–Crippen LogP) is 1.22. The Morgan fingerprint density at radius 1 is 1.42 bits per heavy atom. The van der Waals surface area contributed by atoms with Crippen LogP contribution in [0.2, 0.25) is 0 Å². The molecule has 0 aliphatic heterocycles. The maximum atomic E-state index is 11.7. The number of para-hydroxylation sites is 1. The maximum absolute atomic E-state index is 11.7. The third-order valence-electron chi connectivity index (χ3n) is 2.28. The highest BCUT2D eigenvalue weighted by atomic mass is 32.2. The average Bonchev–Trinajstić information content (AvgIpc) is 2.79. The summed E-state index contributed by atoms with van der Waals surface area (Å²) in [5.74, 6) is -0.215. The fraction of sp³-hybridized carbons (Fsp3) is 0.250. The van der Waals surface area contributed by atoms with Crippen LogP contribution in [-0.4, -0.2) is 33.1 Å². The average molecular weight is 279 g/mol. The summed E-state index contributed by atoms with van der Waals surface area (Å²) in [6.45, 7) is 2.09. The van der Waals surface area contributed by atoms with Crippen LogP contribution in [0.4, 0.5) is 0 Å². The Morgan fingerprint density at radius 2 is 2.16 bits per heavy atom. The highest BCUT2D eigenvalue weighted by Crippen LogP contribution is 2.17. The number of nitrogens with one attached hydrogen (secondary N) is 1. The van der Waals surface area contributed by atoms with Gasteiger partial charge in [-0.25, -0.2) is 14.5 Å². The second-order valence-electron chi connectivity index (χ2n) is 3.58. The van der Waals surface area contributed by atoms with E-state index in [1.54, 1.807) is 19.1 Å². The summed E-state index contributed by atoms with van der Waals surface area (Å²) < 4.78 is 6.25. The summed E-state index contributed by atoms with van der Waals surface area (Å²) >= 11 is 1.16. The fourth-order valence-electron chi connectivity index (χ4n) is 1.51. The van der Waals surface area contributed by atoms with Crippen LogP contribution in [0.1, 0.15) is 6.92 Å². The van der Waals surface area contributed by atoms with E-state index >= 15 is 0 Å². The molecule has 0 saturated carbocycles. The quantitative estimate of drug-likeness (QED) is 0.657. The first-order valence-corrected chi connectivity index (χ1v) is 6.72. The number of aromatic nitrogens is 3. The SMILES string of the molecule is CCOC(=O)CSc1n[nH]c(=O)n1-c1ccccc1.